The van der Waals surface area contributed by atoms with Gasteiger partial charge in [-0.3, -0.25) is 25.8 Å². The fourth-order valence-corrected chi connectivity index (χ4v) is 6.12. The molecule has 0 aliphatic heterocycles. The number of anilines is 1. The van der Waals surface area contributed by atoms with Crippen molar-refractivity contribution >= 4 is 39.0 Å². The maximum atomic E-state index is 9.32. The Morgan fingerprint density at radius 2 is 1.16 bits per heavy atom. The van der Waals surface area contributed by atoms with E-state index < -0.39 is 0 Å². The van der Waals surface area contributed by atoms with Gasteiger partial charge in [-0.1, -0.05) is 84.9 Å². The number of nitrogens with zero attached hydrogens (tertiary/aromatic N) is 4. The monoisotopic (exact) mass is 630 g/mol. The molecule has 232 valence electrons. The van der Waals surface area contributed by atoms with Gasteiger partial charge in [0.05, 0.1) is 11.4 Å². The molecule has 4 aromatic carbocycles. The van der Waals surface area contributed by atoms with Crippen molar-refractivity contribution < 1.29 is 0 Å². The lowest BCUT2D eigenvalue weighted by Gasteiger charge is -2.19. The van der Waals surface area contributed by atoms with Gasteiger partial charge in [0.25, 0.3) is 0 Å². The van der Waals surface area contributed by atoms with Crippen molar-refractivity contribution in [3.8, 4) is 33.4 Å². The fraction of sp³-hybridized carbons (Fsp3) is 0. The molecule has 0 saturated carbocycles. The van der Waals surface area contributed by atoms with Crippen LogP contribution < -0.4 is 5.43 Å². The van der Waals surface area contributed by atoms with Crippen molar-refractivity contribution in [2.45, 2.75) is 0 Å². The summed E-state index contributed by atoms with van der Waals surface area (Å²) in [5.74, 6) is 0. The smallest absolute Gasteiger partial charge is 0.109 e. The second kappa shape index (κ2) is 13.1. The molecule has 3 aromatic heterocycles. The number of hydrogen-bond acceptors (Lipinski definition) is 6. The van der Waals surface area contributed by atoms with Gasteiger partial charge in [-0.05, 0) is 87.3 Å². The highest BCUT2D eigenvalue weighted by Gasteiger charge is 2.21. The van der Waals surface area contributed by atoms with Crippen LogP contribution in [0.1, 0.15) is 11.1 Å². The van der Waals surface area contributed by atoms with Gasteiger partial charge in [-0.15, -0.1) is 0 Å². The molecule has 0 spiro atoms. The Kier molecular flexibility index (Phi) is 7.94. The van der Waals surface area contributed by atoms with Crippen molar-refractivity contribution in [2.24, 2.45) is 5.10 Å². The van der Waals surface area contributed by atoms with Crippen molar-refractivity contribution in [2.75, 3.05) is 5.43 Å². The van der Waals surface area contributed by atoms with Crippen LogP contribution in [0.2, 0.25) is 0 Å². The highest BCUT2D eigenvalue weighted by Crippen LogP contribution is 2.33. The van der Waals surface area contributed by atoms with E-state index in [2.05, 4.69) is 93.2 Å². The fourth-order valence-electron chi connectivity index (χ4n) is 6.12. The van der Waals surface area contributed by atoms with Crippen LogP contribution in [-0.2, 0) is 0 Å². The zero-order valence-corrected chi connectivity index (χ0v) is 26.5. The second-order valence-electron chi connectivity index (χ2n) is 11.8. The number of aromatic nitrogens is 3. The van der Waals surface area contributed by atoms with E-state index in [-0.39, 0.29) is 0 Å². The van der Waals surface area contributed by atoms with Crippen LogP contribution in [0, 0.1) is 5.41 Å². The summed E-state index contributed by atoms with van der Waals surface area (Å²) >= 11 is 0. The van der Waals surface area contributed by atoms with E-state index in [1.165, 1.54) is 0 Å². The molecule has 3 heterocycles. The van der Waals surface area contributed by atoms with E-state index >= 15 is 0 Å². The summed E-state index contributed by atoms with van der Waals surface area (Å²) in [4.78, 5) is 13.1. The molecule has 0 amide bonds. The minimum absolute atomic E-state index is 0.335. The first-order valence-electron chi connectivity index (χ1n) is 16.0. The van der Waals surface area contributed by atoms with Crippen LogP contribution in [0.25, 0.3) is 55.3 Å². The Labute approximate surface area is 284 Å². The van der Waals surface area contributed by atoms with Crippen LogP contribution in [0.15, 0.2) is 176 Å². The number of hydrazone groups is 1. The molecule has 0 atom stereocenters. The van der Waals surface area contributed by atoms with Crippen molar-refractivity contribution in [1.29, 1.82) is 5.41 Å². The summed E-state index contributed by atoms with van der Waals surface area (Å²) in [6, 6.07) is 41.0. The van der Waals surface area contributed by atoms with Gasteiger partial charge in [-0.25, -0.2) is 0 Å². The SMILES string of the molecule is N=C1C(c2cccc(-c3cccnc3)c2)=CC(c2cccc(-c3cccnc3)c2)=CC1=NNc1ccc(-c2cncc3ccccc23)cc1. The molecule has 0 bridgehead atoms. The lowest BCUT2D eigenvalue weighted by molar-refractivity contribution is 1.33. The molecule has 8 rings (SSSR count). The van der Waals surface area contributed by atoms with Crippen LogP contribution in [0.5, 0.6) is 0 Å². The van der Waals surface area contributed by atoms with Crippen molar-refractivity contribution in [3.05, 3.63) is 182 Å². The average molecular weight is 631 g/mol. The number of fused-ring (bicyclic) bond motifs is 1. The minimum Gasteiger partial charge on any atom is -0.298 e. The lowest BCUT2D eigenvalue weighted by atomic mass is 9.86. The molecular weight excluding hydrogens is 601 g/mol. The quantitative estimate of drug-likeness (QED) is 0.136. The van der Waals surface area contributed by atoms with Gasteiger partial charge < -0.3 is 0 Å². The average Bonchev–Trinajstić information content (AvgIpc) is 3.18. The highest BCUT2D eigenvalue weighted by atomic mass is 15.3. The molecule has 1 aliphatic carbocycles. The Hall–Kier alpha value is -6.79. The maximum Gasteiger partial charge on any atom is 0.109 e. The number of nitrogens with one attached hydrogen (secondary N) is 2. The normalized spacial score (nSPS) is 13.6. The highest BCUT2D eigenvalue weighted by molar-refractivity contribution is 6.62. The first-order valence-corrected chi connectivity index (χ1v) is 16.0. The molecule has 0 unspecified atom stereocenters. The van der Waals surface area contributed by atoms with Crippen molar-refractivity contribution in [1.82, 2.24) is 15.0 Å². The summed E-state index contributed by atoms with van der Waals surface area (Å²) in [7, 11) is 0. The van der Waals surface area contributed by atoms with Gasteiger partial charge in [0.2, 0.25) is 0 Å². The Morgan fingerprint density at radius 3 is 1.88 bits per heavy atom. The maximum absolute atomic E-state index is 9.32. The summed E-state index contributed by atoms with van der Waals surface area (Å²) in [6.45, 7) is 0. The van der Waals surface area contributed by atoms with Crippen LogP contribution >= 0.6 is 0 Å². The van der Waals surface area contributed by atoms with Crippen molar-refractivity contribution in [3.63, 3.8) is 0 Å². The Balaban J connectivity index is 1.15. The number of rotatable bonds is 7. The molecule has 2 N–H and O–H groups in total. The van der Waals surface area contributed by atoms with Crippen LogP contribution in [0.3, 0.4) is 0 Å². The number of allylic oxidation sites excluding steroid dienone is 4. The number of benzene rings is 4. The zero-order chi connectivity index (χ0) is 33.0. The van der Waals surface area contributed by atoms with E-state index in [0.29, 0.717) is 11.4 Å². The van der Waals surface area contributed by atoms with E-state index in [1.54, 1.807) is 12.4 Å². The van der Waals surface area contributed by atoms with E-state index in [4.69, 9.17) is 5.10 Å². The summed E-state index contributed by atoms with van der Waals surface area (Å²) < 4.78 is 0. The predicted molar refractivity (Wildman–Crippen MR) is 201 cm³/mol. The summed E-state index contributed by atoms with van der Waals surface area (Å²) in [5, 5.41) is 16.4. The molecule has 6 nitrogen and oxygen atoms in total. The van der Waals surface area contributed by atoms with Gasteiger partial charge in [0.15, 0.2) is 0 Å². The van der Waals surface area contributed by atoms with E-state index in [1.807, 2.05) is 85.5 Å². The largest absolute Gasteiger partial charge is 0.298 e. The van der Waals surface area contributed by atoms with Crippen LogP contribution in [-0.4, -0.2) is 26.4 Å². The molecule has 0 radical (unpaired) electrons. The van der Waals surface area contributed by atoms with Gasteiger partial charge in [0.1, 0.15) is 5.71 Å². The molecule has 49 heavy (non-hydrogen) atoms. The number of pyridine rings is 3. The van der Waals surface area contributed by atoms with Gasteiger partial charge in [0, 0.05) is 64.8 Å². The van der Waals surface area contributed by atoms with E-state index in [9.17, 15) is 5.41 Å². The molecular formula is C43H30N6. The Morgan fingerprint density at radius 1 is 0.510 bits per heavy atom. The first-order chi connectivity index (χ1) is 24.2. The molecule has 1 aliphatic rings. The zero-order valence-electron chi connectivity index (χ0n) is 26.5. The summed E-state index contributed by atoms with van der Waals surface area (Å²) in [5.41, 5.74) is 14.9. The van der Waals surface area contributed by atoms with Gasteiger partial charge >= 0.3 is 0 Å². The third-order valence-electron chi connectivity index (χ3n) is 8.65. The standard InChI is InChI=1S/C43H30N6/c44-43-40(33-11-4-9-31(22-33)35-13-6-20-46-26-35)23-37(32-10-3-8-30(21-32)34-12-5-19-45-25-34)24-42(43)49-48-38-17-15-29(16-18-38)41-28-47-27-36-7-1-2-14-39(36)41/h1-28,44,48H. The molecule has 6 heteroatoms. The summed E-state index contributed by atoms with van der Waals surface area (Å²) in [6.07, 6.45) is 15.1. The number of hydrogen-bond donors (Lipinski definition) is 2. The minimum atomic E-state index is 0.335. The van der Waals surface area contributed by atoms with Gasteiger partial charge in [-0.2, -0.15) is 5.10 Å². The lowest BCUT2D eigenvalue weighted by Crippen LogP contribution is -2.18. The molecule has 7 aromatic rings. The molecule has 0 saturated heterocycles. The first kappa shape index (κ1) is 29.6. The van der Waals surface area contributed by atoms with E-state index in [0.717, 1.165) is 72.1 Å². The predicted octanol–water partition coefficient (Wildman–Crippen LogP) is 9.99. The Bertz CT molecular complexity index is 2400. The second-order valence-corrected chi connectivity index (χ2v) is 11.8. The van der Waals surface area contributed by atoms with Crippen LogP contribution in [0.4, 0.5) is 5.69 Å². The third kappa shape index (κ3) is 6.19. The molecule has 0 fully saturated rings. The third-order valence-corrected chi connectivity index (χ3v) is 8.65. The topological polar surface area (TPSA) is 86.9 Å².